The van der Waals surface area contributed by atoms with Gasteiger partial charge in [0.05, 0.1) is 7.11 Å². The lowest BCUT2D eigenvalue weighted by atomic mass is 10.1. The van der Waals surface area contributed by atoms with Crippen LogP contribution >= 0.6 is 0 Å². The van der Waals surface area contributed by atoms with E-state index in [9.17, 15) is 4.79 Å². The molecule has 0 N–H and O–H groups in total. The van der Waals surface area contributed by atoms with Crippen LogP contribution in [-0.2, 0) is 9.53 Å². The van der Waals surface area contributed by atoms with Crippen molar-refractivity contribution in [3.8, 4) is 11.8 Å². The molecule has 1 rings (SSSR count). The van der Waals surface area contributed by atoms with E-state index in [0.29, 0.717) is 18.4 Å². The minimum absolute atomic E-state index is 0.0548. The third-order valence-corrected chi connectivity index (χ3v) is 1.81. The smallest absolute Gasteiger partial charge is 0.156 e. The quantitative estimate of drug-likeness (QED) is 0.600. The van der Waals surface area contributed by atoms with Crippen molar-refractivity contribution < 1.29 is 9.53 Å². The number of carbonyl (C=O) groups is 1. The molecule has 0 aromatic carbocycles. The van der Waals surface area contributed by atoms with Crippen LogP contribution in [0.5, 0.6) is 0 Å². The maximum atomic E-state index is 11.1. The molecule has 2 heteroatoms. The Hall–Kier alpha value is -1.49. The molecule has 13 heavy (non-hydrogen) atoms. The number of Topliss-reactive ketones (excluding diaryl/α,β-unsaturated/α-hetero) is 1. The highest BCUT2D eigenvalue weighted by molar-refractivity contribution is 5.94. The zero-order valence-electron chi connectivity index (χ0n) is 7.89. The van der Waals surface area contributed by atoms with Crippen molar-refractivity contribution >= 4 is 5.78 Å². The Bertz CT molecular complexity index is 324. The molecule has 0 radical (unpaired) electrons. The van der Waals surface area contributed by atoms with Gasteiger partial charge in [0.15, 0.2) is 5.78 Å². The fourth-order valence-corrected chi connectivity index (χ4v) is 1.03. The number of methoxy groups -OCH3 is 1. The Morgan fingerprint density at radius 3 is 2.92 bits per heavy atom. The molecule has 0 fully saturated rings. The van der Waals surface area contributed by atoms with E-state index < -0.39 is 0 Å². The standard InChI is InChI=1S/C11H12O2/c1-9(12)10-6-4-3-5-7-11(8-10)13-2/h7-8H,5-6H2,1-2H3/b10-8+,11-7+. The molecule has 2 nitrogen and oxygen atoms in total. The van der Waals surface area contributed by atoms with E-state index in [1.54, 1.807) is 20.1 Å². The minimum Gasteiger partial charge on any atom is -0.497 e. The number of rotatable bonds is 2. The van der Waals surface area contributed by atoms with Gasteiger partial charge in [0, 0.05) is 18.4 Å². The highest BCUT2D eigenvalue weighted by Gasteiger charge is 2.04. The molecule has 0 heterocycles. The van der Waals surface area contributed by atoms with E-state index in [4.69, 9.17) is 4.74 Å². The van der Waals surface area contributed by atoms with Gasteiger partial charge in [-0.3, -0.25) is 4.79 Å². The maximum absolute atomic E-state index is 11.1. The van der Waals surface area contributed by atoms with Crippen molar-refractivity contribution in [1.29, 1.82) is 0 Å². The second-order valence-corrected chi connectivity index (χ2v) is 2.77. The first-order chi connectivity index (χ1) is 6.24. The van der Waals surface area contributed by atoms with Crippen LogP contribution in [0.15, 0.2) is 23.5 Å². The van der Waals surface area contributed by atoms with Gasteiger partial charge in [-0.15, -0.1) is 0 Å². The summed E-state index contributed by atoms with van der Waals surface area (Å²) in [6, 6.07) is 0. The molecular formula is C11H12O2. The van der Waals surface area contributed by atoms with Crippen LogP contribution in [0.1, 0.15) is 19.8 Å². The van der Waals surface area contributed by atoms with Crippen LogP contribution in [-0.4, -0.2) is 12.9 Å². The van der Waals surface area contributed by atoms with Gasteiger partial charge >= 0.3 is 0 Å². The monoisotopic (exact) mass is 176 g/mol. The predicted molar refractivity (Wildman–Crippen MR) is 50.9 cm³/mol. The third-order valence-electron chi connectivity index (χ3n) is 1.81. The summed E-state index contributed by atoms with van der Waals surface area (Å²) in [4.78, 5) is 11.1. The lowest BCUT2D eigenvalue weighted by Gasteiger charge is -2.04. The summed E-state index contributed by atoms with van der Waals surface area (Å²) in [5.41, 5.74) is 0.709. The van der Waals surface area contributed by atoms with Gasteiger partial charge in [0.1, 0.15) is 5.76 Å². The second-order valence-electron chi connectivity index (χ2n) is 2.77. The molecule has 0 saturated carbocycles. The topological polar surface area (TPSA) is 26.3 Å². The fourth-order valence-electron chi connectivity index (χ4n) is 1.03. The fraction of sp³-hybridized carbons (Fsp3) is 0.364. The molecule has 0 saturated heterocycles. The zero-order chi connectivity index (χ0) is 9.68. The largest absolute Gasteiger partial charge is 0.497 e. The highest BCUT2D eigenvalue weighted by atomic mass is 16.5. The van der Waals surface area contributed by atoms with Crippen LogP contribution in [0.2, 0.25) is 0 Å². The van der Waals surface area contributed by atoms with Gasteiger partial charge in [-0.05, 0) is 19.1 Å². The molecular weight excluding hydrogens is 164 g/mol. The molecule has 0 aromatic rings. The lowest BCUT2D eigenvalue weighted by molar-refractivity contribution is -0.113. The normalized spacial score (nSPS) is 23.5. The molecule has 0 atom stereocenters. The zero-order valence-corrected chi connectivity index (χ0v) is 7.89. The van der Waals surface area contributed by atoms with E-state index in [1.807, 2.05) is 6.08 Å². The lowest BCUT2D eigenvalue weighted by Crippen LogP contribution is -1.98. The third kappa shape index (κ3) is 2.79. The maximum Gasteiger partial charge on any atom is 0.156 e. The Kier molecular flexibility index (Phi) is 3.33. The minimum atomic E-state index is 0.0548. The van der Waals surface area contributed by atoms with Crippen molar-refractivity contribution in [1.82, 2.24) is 0 Å². The number of hydrogen-bond donors (Lipinski definition) is 0. The SMILES string of the molecule is COC1=C/CC#CC/C(C(C)=O)=C\1. The molecule has 0 aromatic heterocycles. The summed E-state index contributed by atoms with van der Waals surface area (Å²) in [6.45, 7) is 1.54. The van der Waals surface area contributed by atoms with E-state index in [1.165, 1.54) is 0 Å². The summed E-state index contributed by atoms with van der Waals surface area (Å²) in [5.74, 6) is 6.64. The number of carbonyl (C=O) groups excluding carboxylic acids is 1. The van der Waals surface area contributed by atoms with Gasteiger partial charge in [-0.25, -0.2) is 0 Å². The second kappa shape index (κ2) is 4.51. The highest BCUT2D eigenvalue weighted by Crippen LogP contribution is 2.10. The number of ether oxygens (including phenoxy) is 1. The molecule has 0 spiro atoms. The van der Waals surface area contributed by atoms with Crippen LogP contribution in [0.4, 0.5) is 0 Å². The van der Waals surface area contributed by atoms with Crippen molar-refractivity contribution in [2.24, 2.45) is 0 Å². The van der Waals surface area contributed by atoms with E-state index in [2.05, 4.69) is 11.8 Å². The van der Waals surface area contributed by atoms with Gasteiger partial charge in [-0.1, -0.05) is 11.8 Å². The Labute approximate surface area is 78.3 Å². The van der Waals surface area contributed by atoms with Crippen LogP contribution in [0.25, 0.3) is 0 Å². The molecule has 0 amide bonds. The molecule has 68 valence electrons. The first-order valence-corrected chi connectivity index (χ1v) is 4.15. The summed E-state index contributed by atoms with van der Waals surface area (Å²) in [5, 5.41) is 0. The Morgan fingerprint density at radius 2 is 2.31 bits per heavy atom. The van der Waals surface area contributed by atoms with Crippen LogP contribution in [0.3, 0.4) is 0 Å². The van der Waals surface area contributed by atoms with Crippen LogP contribution in [0, 0.1) is 11.8 Å². The number of allylic oxidation sites excluding steroid dienone is 3. The summed E-state index contributed by atoms with van der Waals surface area (Å²) in [6.07, 6.45) is 4.84. The Balaban J connectivity index is 2.95. The molecule has 0 bridgehead atoms. The predicted octanol–water partition coefficient (Wildman–Crippen LogP) is 1.83. The van der Waals surface area contributed by atoms with Crippen molar-refractivity contribution in [3.63, 3.8) is 0 Å². The summed E-state index contributed by atoms with van der Waals surface area (Å²) in [7, 11) is 1.59. The first-order valence-electron chi connectivity index (χ1n) is 4.15. The summed E-state index contributed by atoms with van der Waals surface area (Å²) < 4.78 is 5.07. The van der Waals surface area contributed by atoms with Crippen molar-refractivity contribution in [2.75, 3.05) is 7.11 Å². The van der Waals surface area contributed by atoms with E-state index in [0.717, 1.165) is 5.76 Å². The Morgan fingerprint density at radius 1 is 1.54 bits per heavy atom. The number of ketones is 1. The summed E-state index contributed by atoms with van der Waals surface area (Å²) >= 11 is 0. The van der Waals surface area contributed by atoms with Gasteiger partial charge < -0.3 is 4.74 Å². The van der Waals surface area contributed by atoms with Crippen molar-refractivity contribution in [2.45, 2.75) is 19.8 Å². The number of hydrogen-bond acceptors (Lipinski definition) is 2. The van der Waals surface area contributed by atoms with Gasteiger partial charge in [-0.2, -0.15) is 0 Å². The molecule has 1 aliphatic carbocycles. The van der Waals surface area contributed by atoms with E-state index >= 15 is 0 Å². The molecule has 0 unspecified atom stereocenters. The van der Waals surface area contributed by atoms with Crippen molar-refractivity contribution in [3.05, 3.63) is 23.5 Å². The molecule has 1 aliphatic rings. The van der Waals surface area contributed by atoms with Gasteiger partial charge in [0.2, 0.25) is 0 Å². The van der Waals surface area contributed by atoms with Crippen LogP contribution < -0.4 is 0 Å². The van der Waals surface area contributed by atoms with Gasteiger partial charge in [0.25, 0.3) is 0 Å². The first kappa shape index (κ1) is 9.60. The molecule has 0 aliphatic heterocycles. The van der Waals surface area contributed by atoms with E-state index in [-0.39, 0.29) is 5.78 Å². The average molecular weight is 176 g/mol. The average Bonchev–Trinajstić information content (AvgIpc) is 2.03.